The molecule has 1 saturated carbocycles. The molecular weight excluding hydrogens is 887 g/mol. The van der Waals surface area contributed by atoms with Gasteiger partial charge in [0.05, 0.1) is 18.5 Å². The van der Waals surface area contributed by atoms with Crippen LogP contribution in [0.15, 0.2) is 0 Å². The highest BCUT2D eigenvalue weighted by molar-refractivity contribution is 5.95. The first-order chi connectivity index (χ1) is 32.3. The molecule has 7 N–H and O–H groups in total. The third-order valence-corrected chi connectivity index (χ3v) is 12.7. The van der Waals surface area contributed by atoms with E-state index in [1.54, 1.807) is 39.6 Å². The number of carbonyl (C=O) groups is 8. The van der Waals surface area contributed by atoms with Crippen LogP contribution in [0, 0.1) is 17.8 Å². The number of likely N-dealkylation sites (tertiary alicyclic amines) is 1. The third-order valence-electron chi connectivity index (χ3n) is 12.7. The Bertz CT molecular complexity index is 1670. The lowest BCUT2D eigenvalue weighted by Gasteiger charge is -2.38. The Hall–Kier alpha value is -4.68. The van der Waals surface area contributed by atoms with Gasteiger partial charge in [0, 0.05) is 45.2 Å². The van der Waals surface area contributed by atoms with Crippen molar-refractivity contribution >= 4 is 47.6 Å². The van der Waals surface area contributed by atoms with Crippen LogP contribution in [0.1, 0.15) is 166 Å². The summed E-state index contributed by atoms with van der Waals surface area (Å²) in [6, 6.07) is -4.17. The van der Waals surface area contributed by atoms with Gasteiger partial charge in [0.1, 0.15) is 29.3 Å². The van der Waals surface area contributed by atoms with E-state index in [1.807, 2.05) is 34.6 Å². The zero-order valence-electron chi connectivity index (χ0n) is 44.3. The largest absolute Gasteiger partial charge is 0.444 e. The van der Waals surface area contributed by atoms with Crippen molar-refractivity contribution in [3.05, 3.63) is 0 Å². The minimum absolute atomic E-state index is 0.146. The second-order valence-corrected chi connectivity index (χ2v) is 21.3. The van der Waals surface area contributed by atoms with Crippen molar-refractivity contribution in [2.75, 3.05) is 46.3 Å². The molecule has 1 heterocycles. The number of likely N-dealkylation sites (N-methyl/N-ethyl adjacent to an activating group) is 1. The van der Waals surface area contributed by atoms with Gasteiger partial charge >= 0.3 is 12.2 Å². The van der Waals surface area contributed by atoms with E-state index in [0.717, 1.165) is 44.9 Å². The van der Waals surface area contributed by atoms with E-state index in [1.165, 1.54) is 4.90 Å². The zero-order chi connectivity index (χ0) is 52.1. The molecule has 0 bridgehead atoms. The van der Waals surface area contributed by atoms with Crippen molar-refractivity contribution in [3.63, 3.8) is 0 Å². The second-order valence-electron chi connectivity index (χ2n) is 21.3. The third kappa shape index (κ3) is 21.9. The summed E-state index contributed by atoms with van der Waals surface area (Å²) in [4.78, 5) is 113. The predicted octanol–water partition coefficient (Wildman–Crippen LogP) is 4.74. The van der Waals surface area contributed by atoms with E-state index in [2.05, 4.69) is 45.3 Å². The Labute approximate surface area is 412 Å². The molecule has 1 saturated heterocycles. The van der Waals surface area contributed by atoms with Gasteiger partial charge in [0.25, 0.3) is 0 Å². The molecule has 19 nitrogen and oxygen atoms in total. The Morgan fingerprint density at radius 2 is 1.30 bits per heavy atom. The molecule has 2 rings (SSSR count). The second kappa shape index (κ2) is 29.5. The maximum absolute atomic E-state index is 14.8. The van der Waals surface area contributed by atoms with Gasteiger partial charge in [0.2, 0.25) is 35.4 Å². The summed E-state index contributed by atoms with van der Waals surface area (Å²) in [7, 11) is 1.63. The molecule has 0 aromatic heterocycles. The van der Waals surface area contributed by atoms with Crippen molar-refractivity contribution < 1.29 is 47.8 Å². The number of primary amides is 1. The molecule has 69 heavy (non-hydrogen) atoms. The van der Waals surface area contributed by atoms with Gasteiger partial charge in [-0.3, -0.25) is 33.7 Å². The number of nitrogens with one attached hydrogen (secondary N) is 5. The van der Waals surface area contributed by atoms with Crippen molar-refractivity contribution in [2.24, 2.45) is 23.5 Å². The fraction of sp³-hybridized carbons (Fsp3) is 0.840. The number of amides is 8. The number of hydrogen-bond donors (Lipinski definition) is 6. The number of carbonyl (C=O) groups excluding carboxylic acids is 8. The zero-order valence-corrected chi connectivity index (χ0v) is 44.3. The number of alkyl carbamates (subject to hydrolysis) is 1. The Morgan fingerprint density at radius 1 is 0.696 bits per heavy atom. The summed E-state index contributed by atoms with van der Waals surface area (Å²) in [5, 5.41) is 14.2. The van der Waals surface area contributed by atoms with Crippen LogP contribution in [0.3, 0.4) is 0 Å². The first kappa shape index (κ1) is 60.4. The average Bonchev–Trinajstić information content (AvgIpc) is 3.28. The fourth-order valence-corrected chi connectivity index (χ4v) is 8.78. The Kier molecular flexibility index (Phi) is 25.8. The van der Waals surface area contributed by atoms with Crippen LogP contribution in [0.4, 0.5) is 9.59 Å². The van der Waals surface area contributed by atoms with Crippen molar-refractivity contribution in [3.8, 4) is 0 Å². The van der Waals surface area contributed by atoms with Crippen LogP contribution in [0.5, 0.6) is 0 Å². The van der Waals surface area contributed by atoms with Crippen LogP contribution >= 0.6 is 0 Å². The standard InChI is InChI=1S/C50H91N9O10/c1-13-16-24-39(59(27-17-14-2)32-34(5)54-42(61)33(4)30-52-43(62)36-25-28-58(29-26-36)48(67)69-50(9,10)11)46(65)57(12)38(21-15-3)44(63)56-40(35-22-19-18-20-23-35)45(64)55-37(41(51)60)31-53-47(66)68-49(6,7)8/h33-40H,13-32H2,1-12H3,(H2,51,60)(H,52,62)(H,53,66)(H,54,61)(H,55,64)(H,56,63)/t33-,34+,37-,38-,39-,40-/m0/s1. The number of piperidine rings is 1. The number of rotatable bonds is 26. The lowest BCUT2D eigenvalue weighted by atomic mass is 9.83. The first-order valence-electron chi connectivity index (χ1n) is 25.8. The maximum atomic E-state index is 14.8. The van der Waals surface area contributed by atoms with Gasteiger partial charge in [-0.1, -0.05) is 72.6 Å². The van der Waals surface area contributed by atoms with Gasteiger partial charge in [-0.2, -0.15) is 0 Å². The average molecular weight is 978 g/mol. The van der Waals surface area contributed by atoms with E-state index >= 15 is 0 Å². The highest BCUT2D eigenvalue weighted by Gasteiger charge is 2.39. The Balaban J connectivity index is 2.20. The topological polar surface area (TPSA) is 251 Å². The minimum Gasteiger partial charge on any atom is -0.444 e. The van der Waals surface area contributed by atoms with Crippen molar-refractivity contribution in [1.82, 2.24) is 41.3 Å². The summed E-state index contributed by atoms with van der Waals surface area (Å²) in [5.41, 5.74) is 4.27. The van der Waals surface area contributed by atoms with E-state index in [4.69, 9.17) is 15.2 Å². The van der Waals surface area contributed by atoms with Gasteiger partial charge in [0.15, 0.2) is 0 Å². The van der Waals surface area contributed by atoms with Gasteiger partial charge < -0.3 is 51.6 Å². The van der Waals surface area contributed by atoms with Crippen LogP contribution < -0.4 is 32.3 Å². The predicted molar refractivity (Wildman–Crippen MR) is 265 cm³/mol. The smallest absolute Gasteiger partial charge is 0.410 e. The molecule has 2 fully saturated rings. The molecular formula is C50H91N9O10. The van der Waals surface area contributed by atoms with Crippen LogP contribution in [0.25, 0.3) is 0 Å². The first-order valence-corrected chi connectivity index (χ1v) is 25.8. The molecule has 8 amide bonds. The highest BCUT2D eigenvalue weighted by Crippen LogP contribution is 2.28. The summed E-state index contributed by atoms with van der Waals surface area (Å²) in [6.45, 7) is 21.9. The van der Waals surface area contributed by atoms with Crippen LogP contribution in [-0.4, -0.2) is 150 Å². The molecule has 396 valence electrons. The van der Waals surface area contributed by atoms with Crippen molar-refractivity contribution in [1.29, 1.82) is 0 Å². The summed E-state index contributed by atoms with van der Waals surface area (Å²) < 4.78 is 10.7. The minimum atomic E-state index is -1.28. The van der Waals surface area contributed by atoms with Gasteiger partial charge in [-0.05, 0) is 106 Å². The number of hydrogen-bond acceptors (Lipinski definition) is 11. The molecule has 1 aliphatic heterocycles. The maximum Gasteiger partial charge on any atom is 0.410 e. The van der Waals surface area contributed by atoms with Crippen LogP contribution in [0.2, 0.25) is 0 Å². The molecule has 1 aliphatic carbocycles. The highest BCUT2D eigenvalue weighted by atomic mass is 16.6. The number of nitrogens with zero attached hydrogens (tertiary/aromatic N) is 3. The Morgan fingerprint density at radius 3 is 1.86 bits per heavy atom. The fourth-order valence-electron chi connectivity index (χ4n) is 8.78. The quantitative estimate of drug-likeness (QED) is 0.0691. The van der Waals surface area contributed by atoms with Crippen molar-refractivity contribution in [2.45, 2.75) is 207 Å². The summed E-state index contributed by atoms with van der Waals surface area (Å²) >= 11 is 0. The molecule has 0 unspecified atom stereocenters. The lowest BCUT2D eigenvalue weighted by Crippen LogP contribution is -2.61. The van der Waals surface area contributed by atoms with E-state index in [0.29, 0.717) is 71.1 Å². The van der Waals surface area contributed by atoms with Gasteiger partial charge in [-0.15, -0.1) is 0 Å². The van der Waals surface area contributed by atoms with E-state index in [9.17, 15) is 38.4 Å². The van der Waals surface area contributed by atoms with E-state index < -0.39 is 65.1 Å². The summed E-state index contributed by atoms with van der Waals surface area (Å²) in [5.74, 6) is -3.61. The van der Waals surface area contributed by atoms with Crippen LogP contribution in [-0.2, 0) is 38.2 Å². The normalized spacial score (nSPS) is 17.6. The number of unbranched alkanes of at least 4 members (excludes halogenated alkanes) is 2. The molecule has 2 aliphatic rings. The molecule has 19 heteroatoms. The number of nitrogens with two attached hydrogens (primary N) is 1. The molecule has 0 aromatic rings. The SMILES string of the molecule is CCCC[C@@H](C(=O)N(C)[C@@H](CCC)C(=O)N[C@H](C(=O)N[C@@H](CNC(=O)OC(C)(C)C)C(N)=O)C1CCCCC1)N(CCCC)C[C@@H](C)NC(=O)[C@@H](C)CNC(=O)C1CCN(C(=O)OC(C)(C)C)CC1. The molecule has 6 atom stereocenters. The summed E-state index contributed by atoms with van der Waals surface area (Å²) in [6.07, 6.45) is 8.60. The van der Waals surface area contributed by atoms with E-state index in [-0.39, 0.29) is 54.8 Å². The lowest BCUT2D eigenvalue weighted by molar-refractivity contribution is -0.145. The van der Waals surface area contributed by atoms with Gasteiger partial charge in [-0.25, -0.2) is 9.59 Å². The molecule has 0 radical (unpaired) electrons. The number of ether oxygens (including phenoxy) is 2. The molecule has 0 aromatic carbocycles. The monoisotopic (exact) mass is 978 g/mol. The molecule has 0 spiro atoms.